The predicted octanol–water partition coefficient (Wildman–Crippen LogP) is 7.03. The predicted molar refractivity (Wildman–Crippen MR) is 98.0 cm³/mol. The highest BCUT2D eigenvalue weighted by molar-refractivity contribution is 4.90. The minimum absolute atomic E-state index is 0.0750. The molecule has 0 heterocycles. The third-order valence-electron chi connectivity index (χ3n) is 6.57. The topological polar surface area (TPSA) is 9.23 Å². The van der Waals surface area contributed by atoms with Crippen molar-refractivity contribution in [2.24, 2.45) is 17.8 Å². The third kappa shape index (κ3) is 7.23. The van der Waals surface area contributed by atoms with Crippen molar-refractivity contribution in [3.8, 4) is 0 Å². The molecule has 1 nitrogen and oxygen atoms in total. The number of rotatable bonds is 9. The van der Waals surface area contributed by atoms with Crippen LogP contribution in [0.15, 0.2) is 0 Å². The Balaban J connectivity index is 2.05. The fraction of sp³-hybridized carbons (Fsp3) is 1.00. The van der Waals surface area contributed by atoms with Crippen molar-refractivity contribution >= 4 is 0 Å². The maximum atomic E-state index is 14.9. The highest BCUT2D eigenvalue weighted by Gasteiger charge is 2.51. The molecule has 2 rings (SSSR count). The van der Waals surface area contributed by atoms with Crippen LogP contribution >= 0.6 is 0 Å². The molecule has 0 amide bonds. The molecule has 0 N–H and O–H groups in total. The molecule has 178 valence electrons. The second kappa shape index (κ2) is 11.3. The van der Waals surface area contributed by atoms with Gasteiger partial charge in [-0.2, -0.15) is 8.78 Å². The van der Waals surface area contributed by atoms with Crippen LogP contribution in [0.5, 0.6) is 0 Å². The second-order valence-electron chi connectivity index (χ2n) is 8.91. The van der Waals surface area contributed by atoms with Crippen LogP contribution in [0, 0.1) is 17.8 Å². The Morgan fingerprint density at radius 2 is 1.53 bits per heavy atom. The Bertz CT molecular complexity index is 497. The van der Waals surface area contributed by atoms with Gasteiger partial charge in [0.1, 0.15) is 30.9 Å². The average molecular weight is 452 g/mol. The van der Waals surface area contributed by atoms with E-state index in [0.717, 1.165) is 6.92 Å². The minimum Gasteiger partial charge on any atom is -0.317 e. The summed E-state index contributed by atoms with van der Waals surface area (Å²) in [5.74, 6) is -2.68. The van der Waals surface area contributed by atoms with Crippen LogP contribution in [0.1, 0.15) is 64.7 Å². The first-order valence-corrected chi connectivity index (χ1v) is 10.8. The maximum Gasteiger partial charge on any atom is 0.361 e. The first-order chi connectivity index (χ1) is 14.0. The van der Waals surface area contributed by atoms with Gasteiger partial charge in [0, 0.05) is 12.8 Å². The Morgan fingerprint density at radius 1 is 0.900 bits per heavy atom. The monoisotopic (exact) mass is 452 g/mol. The van der Waals surface area contributed by atoms with E-state index in [9.17, 15) is 35.1 Å². The van der Waals surface area contributed by atoms with Crippen LogP contribution in [-0.4, -0.2) is 49.7 Å². The molecule has 7 atom stereocenters. The lowest BCUT2D eigenvalue weighted by Gasteiger charge is -2.33. The van der Waals surface area contributed by atoms with Crippen LogP contribution in [0.25, 0.3) is 0 Å². The maximum absolute atomic E-state index is 14.9. The highest BCUT2D eigenvalue weighted by atomic mass is 19.3. The van der Waals surface area contributed by atoms with Crippen molar-refractivity contribution in [3.63, 3.8) is 0 Å². The normalized spacial score (nSPS) is 36.7. The molecule has 0 radical (unpaired) electrons. The largest absolute Gasteiger partial charge is 0.361 e. The van der Waals surface area contributed by atoms with Crippen LogP contribution in [0.4, 0.5) is 35.1 Å². The first kappa shape index (κ1) is 25.7. The van der Waals surface area contributed by atoms with Crippen LogP contribution in [0.2, 0.25) is 0 Å². The third-order valence-corrected chi connectivity index (χ3v) is 6.57. The fourth-order valence-electron chi connectivity index (χ4n) is 4.78. The van der Waals surface area contributed by atoms with Crippen molar-refractivity contribution in [1.29, 1.82) is 0 Å². The van der Waals surface area contributed by atoms with Gasteiger partial charge in [-0.05, 0) is 63.7 Å². The summed E-state index contributed by atoms with van der Waals surface area (Å²) in [5, 5.41) is 0. The van der Waals surface area contributed by atoms with Gasteiger partial charge in [-0.25, -0.2) is 22.0 Å². The molecule has 9 heteroatoms. The zero-order chi connectivity index (χ0) is 22.5. The number of alkyl halides is 8. The highest BCUT2D eigenvalue weighted by Crippen LogP contribution is 2.46. The molecule has 0 bridgehead atoms. The van der Waals surface area contributed by atoms with E-state index in [1.165, 1.54) is 0 Å². The summed E-state index contributed by atoms with van der Waals surface area (Å²) >= 11 is 0. The molecule has 2 aliphatic carbocycles. The second-order valence-corrected chi connectivity index (χ2v) is 8.91. The molecule has 30 heavy (non-hydrogen) atoms. The molecule has 0 saturated heterocycles. The summed E-state index contributed by atoms with van der Waals surface area (Å²) < 4.78 is 116. The molecular weight excluding hydrogens is 420 g/mol. The van der Waals surface area contributed by atoms with Crippen molar-refractivity contribution < 1.29 is 39.9 Å². The van der Waals surface area contributed by atoms with Gasteiger partial charge in [0.25, 0.3) is 0 Å². The minimum atomic E-state index is -4.14. The van der Waals surface area contributed by atoms with E-state index in [0.29, 0.717) is 25.7 Å². The quantitative estimate of drug-likeness (QED) is 0.270. The molecule has 7 unspecified atom stereocenters. The zero-order valence-corrected chi connectivity index (χ0v) is 17.2. The van der Waals surface area contributed by atoms with Gasteiger partial charge in [-0.15, -0.1) is 0 Å². The zero-order valence-electron chi connectivity index (χ0n) is 17.2. The van der Waals surface area contributed by atoms with E-state index in [1.807, 2.05) is 0 Å². The van der Waals surface area contributed by atoms with Crippen molar-refractivity contribution in [3.05, 3.63) is 0 Å². The van der Waals surface area contributed by atoms with Crippen molar-refractivity contribution in [2.75, 3.05) is 6.67 Å². The van der Waals surface area contributed by atoms with E-state index in [2.05, 4.69) is 4.74 Å². The molecule has 2 saturated carbocycles. The van der Waals surface area contributed by atoms with E-state index in [1.54, 1.807) is 0 Å². The van der Waals surface area contributed by atoms with Gasteiger partial charge in [-0.3, -0.25) is 4.39 Å². The van der Waals surface area contributed by atoms with Gasteiger partial charge >= 0.3 is 6.11 Å². The summed E-state index contributed by atoms with van der Waals surface area (Å²) in [5.41, 5.74) is 0. The van der Waals surface area contributed by atoms with Crippen LogP contribution < -0.4 is 0 Å². The number of halogens is 8. The molecule has 0 aromatic carbocycles. The van der Waals surface area contributed by atoms with Gasteiger partial charge < -0.3 is 4.74 Å². The standard InChI is InChI=1S/C21H32F8O/c1-12(23)19(26)11-17(6-7-22)30-21(28,29)18-10-16(25)8-14(9-20(18)27)13-2-4-15(24)5-3-13/h12-20H,2-11H2,1H3. The molecule has 2 aliphatic rings. The Kier molecular flexibility index (Phi) is 9.68. The molecule has 0 aliphatic heterocycles. The smallest absolute Gasteiger partial charge is 0.317 e. The lowest BCUT2D eigenvalue weighted by molar-refractivity contribution is -0.307. The lowest BCUT2D eigenvalue weighted by Crippen LogP contribution is -2.42. The van der Waals surface area contributed by atoms with E-state index < -0.39 is 80.8 Å². The van der Waals surface area contributed by atoms with Crippen molar-refractivity contribution in [1.82, 2.24) is 0 Å². The Hall–Kier alpha value is -0.600. The van der Waals surface area contributed by atoms with Crippen LogP contribution in [0.3, 0.4) is 0 Å². The summed E-state index contributed by atoms with van der Waals surface area (Å²) in [7, 11) is 0. The molecule has 2 fully saturated rings. The Labute approximate surface area is 172 Å². The van der Waals surface area contributed by atoms with Crippen LogP contribution in [-0.2, 0) is 4.74 Å². The molecular formula is C21H32F8O. The summed E-state index contributed by atoms with van der Waals surface area (Å²) in [6.45, 7) is -0.189. The number of ether oxygens (including phenoxy) is 1. The fourth-order valence-corrected chi connectivity index (χ4v) is 4.78. The average Bonchev–Trinajstić information content (AvgIpc) is 2.80. The van der Waals surface area contributed by atoms with Crippen molar-refractivity contribution in [2.45, 2.75) is 108 Å². The summed E-state index contributed by atoms with van der Waals surface area (Å²) in [6.07, 6.45) is -15.5. The number of hydrogen-bond acceptors (Lipinski definition) is 1. The first-order valence-electron chi connectivity index (χ1n) is 10.8. The van der Waals surface area contributed by atoms with Gasteiger partial charge in [0.05, 0.1) is 18.7 Å². The number of hydrogen-bond donors (Lipinski definition) is 0. The molecule has 0 aromatic rings. The summed E-state index contributed by atoms with van der Waals surface area (Å²) in [4.78, 5) is 0. The van der Waals surface area contributed by atoms with E-state index >= 15 is 0 Å². The lowest BCUT2D eigenvalue weighted by atomic mass is 9.76. The molecule has 0 spiro atoms. The van der Waals surface area contributed by atoms with E-state index in [-0.39, 0.29) is 18.8 Å². The SMILES string of the molecule is CC(F)C(F)CC(CCF)OC(F)(F)C1CC(F)CC(C2CCC(F)CC2)CC1F. The van der Waals surface area contributed by atoms with Gasteiger partial charge in [-0.1, -0.05) is 0 Å². The van der Waals surface area contributed by atoms with Gasteiger partial charge in [0.15, 0.2) is 0 Å². The van der Waals surface area contributed by atoms with E-state index in [4.69, 9.17) is 0 Å². The molecule has 0 aromatic heterocycles. The summed E-state index contributed by atoms with van der Waals surface area (Å²) in [6, 6.07) is 0. The Morgan fingerprint density at radius 3 is 2.10 bits per heavy atom. The van der Waals surface area contributed by atoms with Gasteiger partial charge in [0.2, 0.25) is 0 Å².